The first-order chi connectivity index (χ1) is 13.5. The van der Waals surface area contributed by atoms with Crippen molar-refractivity contribution in [2.75, 3.05) is 20.1 Å². The van der Waals surface area contributed by atoms with Gasteiger partial charge in [-0.3, -0.25) is 19.2 Å². The van der Waals surface area contributed by atoms with E-state index in [1.54, 1.807) is 5.32 Å². The second kappa shape index (κ2) is 11.2. The zero-order valence-corrected chi connectivity index (χ0v) is 16.0. The summed E-state index contributed by atoms with van der Waals surface area (Å²) in [7, 11) is 1.21. The van der Waals surface area contributed by atoms with Gasteiger partial charge < -0.3 is 20.9 Å². The van der Waals surface area contributed by atoms with Crippen LogP contribution in [0.15, 0.2) is 0 Å². The maximum absolute atomic E-state index is 12.6. The molecule has 0 aromatic heterocycles. The molecule has 0 bridgehead atoms. The van der Waals surface area contributed by atoms with Crippen molar-refractivity contribution in [2.45, 2.75) is 56.8 Å². The molecule has 0 saturated carbocycles. The molecule has 0 spiro atoms. The van der Waals surface area contributed by atoms with Crippen LogP contribution in [0.2, 0.25) is 0 Å². The number of carbonyl (C=O) groups excluding carboxylic acids is 4. The van der Waals surface area contributed by atoms with Gasteiger partial charge in [-0.1, -0.05) is 12.8 Å². The van der Waals surface area contributed by atoms with Gasteiger partial charge in [0.1, 0.15) is 12.1 Å². The van der Waals surface area contributed by atoms with Gasteiger partial charge in [-0.25, -0.2) is 0 Å². The number of halogens is 3. The molecule has 0 aromatic carbocycles. The highest BCUT2D eigenvalue weighted by atomic mass is 19.4. The highest BCUT2D eigenvalue weighted by molar-refractivity contribution is 5.91. The number of nitrogens with zero attached hydrogens (tertiary/aromatic N) is 2. The van der Waals surface area contributed by atoms with Crippen LogP contribution in [0.5, 0.6) is 0 Å². The smallest absolute Gasteiger partial charge is 0.356 e. The third kappa shape index (κ3) is 8.80. The Labute approximate surface area is 166 Å². The number of nitrogens with one attached hydrogen (secondary N) is 3. The first kappa shape index (κ1) is 24.2. The van der Waals surface area contributed by atoms with Crippen LogP contribution in [0.1, 0.15) is 38.5 Å². The van der Waals surface area contributed by atoms with Crippen LogP contribution in [0.4, 0.5) is 13.2 Å². The van der Waals surface area contributed by atoms with Crippen molar-refractivity contribution in [3.05, 3.63) is 0 Å². The Hall–Kier alpha value is -2.84. The second-order valence-corrected chi connectivity index (χ2v) is 6.71. The zero-order valence-electron chi connectivity index (χ0n) is 16.0. The summed E-state index contributed by atoms with van der Waals surface area (Å²) in [4.78, 5) is 48.4. The molecule has 0 aromatic rings. The molecule has 0 radical (unpaired) electrons. The quantitative estimate of drug-likeness (QED) is 0.549. The van der Waals surface area contributed by atoms with E-state index in [4.69, 9.17) is 5.26 Å². The van der Waals surface area contributed by atoms with Gasteiger partial charge in [0.05, 0.1) is 12.6 Å². The Morgan fingerprint density at radius 3 is 2.48 bits per heavy atom. The number of hydrogen-bond acceptors (Lipinski definition) is 5. The van der Waals surface area contributed by atoms with Crippen LogP contribution < -0.4 is 16.0 Å². The Morgan fingerprint density at radius 2 is 1.86 bits per heavy atom. The number of amides is 4. The molecule has 1 rings (SSSR count). The van der Waals surface area contributed by atoms with E-state index in [1.165, 1.54) is 7.05 Å². The molecule has 1 heterocycles. The van der Waals surface area contributed by atoms with Crippen LogP contribution in [0.25, 0.3) is 0 Å². The SMILES string of the molecule is CN1CC(=O)N[C@H](C#N)CCC(=O)NCCCCC[C@H](NC(=O)C(F)(F)F)C1=O. The van der Waals surface area contributed by atoms with Gasteiger partial charge in [0.2, 0.25) is 17.7 Å². The summed E-state index contributed by atoms with van der Waals surface area (Å²) in [5, 5.41) is 15.8. The lowest BCUT2D eigenvalue weighted by molar-refractivity contribution is -0.175. The molecule has 2 atom stereocenters. The molecule has 1 aliphatic heterocycles. The summed E-state index contributed by atoms with van der Waals surface area (Å²) >= 11 is 0. The fourth-order valence-electron chi connectivity index (χ4n) is 2.71. The van der Waals surface area contributed by atoms with Crippen molar-refractivity contribution in [3.63, 3.8) is 0 Å². The minimum absolute atomic E-state index is 0.0405. The molecular weight excluding hydrogens is 395 g/mol. The van der Waals surface area contributed by atoms with Gasteiger partial charge >= 0.3 is 12.1 Å². The van der Waals surface area contributed by atoms with E-state index in [1.807, 2.05) is 6.07 Å². The van der Waals surface area contributed by atoms with E-state index in [9.17, 15) is 32.3 Å². The summed E-state index contributed by atoms with van der Waals surface area (Å²) < 4.78 is 37.7. The molecule has 4 amide bonds. The van der Waals surface area contributed by atoms with Gasteiger partial charge in [0, 0.05) is 20.0 Å². The third-order valence-corrected chi connectivity index (χ3v) is 4.26. The van der Waals surface area contributed by atoms with Crippen LogP contribution in [-0.2, 0) is 19.2 Å². The molecule has 1 aliphatic rings. The van der Waals surface area contributed by atoms with Crippen molar-refractivity contribution >= 4 is 23.6 Å². The third-order valence-electron chi connectivity index (χ3n) is 4.26. The highest BCUT2D eigenvalue weighted by Gasteiger charge is 2.41. The van der Waals surface area contributed by atoms with E-state index in [0.717, 1.165) is 4.90 Å². The lowest BCUT2D eigenvalue weighted by Gasteiger charge is -2.25. The van der Waals surface area contributed by atoms with Crippen molar-refractivity contribution in [1.82, 2.24) is 20.9 Å². The Morgan fingerprint density at radius 1 is 1.17 bits per heavy atom. The normalized spacial score (nSPS) is 23.6. The predicted molar refractivity (Wildman–Crippen MR) is 93.9 cm³/mol. The Kier molecular flexibility index (Phi) is 9.37. The molecule has 0 aliphatic carbocycles. The van der Waals surface area contributed by atoms with Crippen molar-refractivity contribution in [2.24, 2.45) is 0 Å². The molecule has 9 nitrogen and oxygen atoms in total. The number of nitriles is 1. The first-order valence-corrected chi connectivity index (χ1v) is 9.13. The van der Waals surface area contributed by atoms with Crippen molar-refractivity contribution < 1.29 is 32.3 Å². The van der Waals surface area contributed by atoms with E-state index < -0.39 is 42.5 Å². The molecule has 3 N–H and O–H groups in total. The predicted octanol–water partition coefficient (Wildman–Crippen LogP) is -0.0293. The topological polar surface area (TPSA) is 131 Å². The van der Waals surface area contributed by atoms with Gasteiger partial charge in [-0.15, -0.1) is 0 Å². The van der Waals surface area contributed by atoms with Crippen LogP contribution >= 0.6 is 0 Å². The van der Waals surface area contributed by atoms with E-state index >= 15 is 0 Å². The van der Waals surface area contributed by atoms with Gasteiger partial charge in [0.25, 0.3) is 0 Å². The van der Waals surface area contributed by atoms with E-state index in [-0.39, 0.29) is 25.2 Å². The molecular formula is C17H24F3N5O4. The number of alkyl halides is 3. The molecule has 1 fully saturated rings. The summed E-state index contributed by atoms with van der Waals surface area (Å²) in [6.45, 7) is -0.183. The monoisotopic (exact) mass is 419 g/mol. The fourth-order valence-corrected chi connectivity index (χ4v) is 2.71. The average molecular weight is 419 g/mol. The summed E-state index contributed by atoms with van der Waals surface area (Å²) in [5.41, 5.74) is 0. The summed E-state index contributed by atoms with van der Waals surface area (Å²) in [5.74, 6) is -4.07. The van der Waals surface area contributed by atoms with Gasteiger partial charge in [-0.2, -0.15) is 18.4 Å². The number of likely N-dealkylation sites (N-methyl/N-ethyl adjacent to an activating group) is 1. The number of hydrogen-bond donors (Lipinski definition) is 3. The lowest BCUT2D eigenvalue weighted by Crippen LogP contribution is -2.52. The van der Waals surface area contributed by atoms with Crippen molar-refractivity contribution in [1.29, 1.82) is 5.26 Å². The Balaban J connectivity index is 2.90. The lowest BCUT2D eigenvalue weighted by atomic mass is 10.1. The molecule has 0 unspecified atom stereocenters. The fraction of sp³-hybridized carbons (Fsp3) is 0.706. The second-order valence-electron chi connectivity index (χ2n) is 6.71. The van der Waals surface area contributed by atoms with Crippen LogP contribution in [0, 0.1) is 11.3 Å². The first-order valence-electron chi connectivity index (χ1n) is 9.13. The number of rotatable bonds is 1. The van der Waals surface area contributed by atoms with Gasteiger partial charge in [-0.05, 0) is 19.3 Å². The Bertz CT molecular complexity index is 662. The largest absolute Gasteiger partial charge is 0.471 e. The molecule has 1 saturated heterocycles. The van der Waals surface area contributed by atoms with E-state index in [2.05, 4.69) is 10.6 Å². The van der Waals surface area contributed by atoms with Crippen LogP contribution in [0.3, 0.4) is 0 Å². The summed E-state index contributed by atoms with van der Waals surface area (Å²) in [6.07, 6.45) is -3.70. The van der Waals surface area contributed by atoms with Crippen molar-refractivity contribution in [3.8, 4) is 6.07 Å². The highest BCUT2D eigenvalue weighted by Crippen LogP contribution is 2.16. The number of carbonyl (C=O) groups is 4. The molecule has 12 heteroatoms. The minimum atomic E-state index is -5.14. The van der Waals surface area contributed by atoms with Crippen LogP contribution in [-0.4, -0.2) is 66.9 Å². The van der Waals surface area contributed by atoms with Gasteiger partial charge in [0.15, 0.2) is 0 Å². The average Bonchev–Trinajstić information content (AvgIpc) is 2.64. The molecule has 162 valence electrons. The molecule has 29 heavy (non-hydrogen) atoms. The summed E-state index contributed by atoms with van der Waals surface area (Å²) in [6, 6.07) is -0.564. The maximum Gasteiger partial charge on any atom is 0.471 e. The zero-order chi connectivity index (χ0) is 22.0. The van der Waals surface area contributed by atoms with E-state index in [0.29, 0.717) is 25.8 Å². The standard InChI is InChI=1S/C17H24F3N5O4/c1-25-10-14(27)23-11(9-21)6-7-13(26)22-8-4-2-3-5-12(15(25)28)24-16(29)17(18,19)20/h11-12H,2-8,10H2,1H3,(H,22,26)(H,23,27)(H,24,29)/t11-,12-/m0/s1. The maximum atomic E-state index is 12.6. The minimum Gasteiger partial charge on any atom is -0.356 e.